The SMILES string of the molecule is CCc1cc2c(NCc3ccc4c(c3)OCCO4)nc(-c3cnccn3)nc2s1. The number of aryl methyl sites for hydroxylation is 1. The van der Waals surface area contributed by atoms with Crippen LogP contribution in [0.3, 0.4) is 0 Å². The van der Waals surface area contributed by atoms with Crippen LogP contribution < -0.4 is 14.8 Å². The van der Waals surface area contributed by atoms with Crippen molar-refractivity contribution in [2.45, 2.75) is 19.9 Å². The number of hydrogen-bond donors (Lipinski definition) is 1. The van der Waals surface area contributed by atoms with Gasteiger partial charge in [0.1, 0.15) is 29.6 Å². The first-order valence-electron chi connectivity index (χ1n) is 9.49. The minimum atomic E-state index is 0.569. The van der Waals surface area contributed by atoms with Crippen LogP contribution in [0.5, 0.6) is 11.5 Å². The van der Waals surface area contributed by atoms with Gasteiger partial charge >= 0.3 is 0 Å². The van der Waals surface area contributed by atoms with Gasteiger partial charge in [-0.15, -0.1) is 11.3 Å². The van der Waals surface area contributed by atoms with Gasteiger partial charge in [0.25, 0.3) is 0 Å². The summed E-state index contributed by atoms with van der Waals surface area (Å²) >= 11 is 1.68. The molecule has 0 bridgehead atoms. The zero-order chi connectivity index (χ0) is 19.6. The van der Waals surface area contributed by atoms with E-state index in [1.54, 1.807) is 29.9 Å². The van der Waals surface area contributed by atoms with Crippen molar-refractivity contribution in [1.82, 2.24) is 19.9 Å². The number of aromatic nitrogens is 4. The smallest absolute Gasteiger partial charge is 0.183 e. The molecular weight excluding hydrogens is 386 g/mol. The van der Waals surface area contributed by atoms with Gasteiger partial charge in [0.05, 0.1) is 11.6 Å². The number of benzene rings is 1. The Bertz CT molecular complexity index is 1160. The highest BCUT2D eigenvalue weighted by Crippen LogP contribution is 2.33. The first-order valence-corrected chi connectivity index (χ1v) is 10.3. The van der Waals surface area contributed by atoms with E-state index in [1.165, 1.54) is 4.88 Å². The lowest BCUT2D eigenvalue weighted by molar-refractivity contribution is 0.171. The first-order chi connectivity index (χ1) is 14.3. The summed E-state index contributed by atoms with van der Waals surface area (Å²) in [5, 5.41) is 4.49. The van der Waals surface area contributed by atoms with Crippen molar-refractivity contribution in [2.75, 3.05) is 18.5 Å². The highest BCUT2D eigenvalue weighted by atomic mass is 32.1. The highest BCUT2D eigenvalue weighted by Gasteiger charge is 2.15. The number of ether oxygens (including phenoxy) is 2. The van der Waals surface area contributed by atoms with E-state index in [0.29, 0.717) is 31.3 Å². The maximum absolute atomic E-state index is 5.69. The number of rotatable bonds is 5. The van der Waals surface area contributed by atoms with Crippen molar-refractivity contribution in [3.63, 3.8) is 0 Å². The Hall–Kier alpha value is -3.26. The Kier molecular flexibility index (Phi) is 4.69. The average molecular weight is 405 g/mol. The normalized spacial score (nSPS) is 12.9. The first kappa shape index (κ1) is 17.8. The molecule has 3 aromatic heterocycles. The van der Waals surface area contributed by atoms with Crippen LogP contribution in [0.4, 0.5) is 5.82 Å². The van der Waals surface area contributed by atoms with Crippen LogP contribution in [-0.4, -0.2) is 33.1 Å². The molecule has 5 rings (SSSR count). The molecule has 146 valence electrons. The van der Waals surface area contributed by atoms with Gasteiger partial charge in [0, 0.05) is 23.8 Å². The predicted octanol–water partition coefficient (Wildman–Crippen LogP) is 4.09. The number of thiophene rings is 1. The maximum Gasteiger partial charge on any atom is 0.183 e. The van der Waals surface area contributed by atoms with E-state index >= 15 is 0 Å². The fourth-order valence-electron chi connectivity index (χ4n) is 3.19. The number of hydrogen-bond acceptors (Lipinski definition) is 8. The van der Waals surface area contributed by atoms with Crippen LogP contribution in [0.2, 0.25) is 0 Å². The largest absolute Gasteiger partial charge is 0.486 e. The summed E-state index contributed by atoms with van der Waals surface area (Å²) in [5.41, 5.74) is 1.75. The zero-order valence-corrected chi connectivity index (χ0v) is 16.7. The molecule has 0 amide bonds. The molecule has 4 heterocycles. The topological polar surface area (TPSA) is 82.0 Å². The summed E-state index contributed by atoms with van der Waals surface area (Å²) in [6, 6.07) is 8.15. The van der Waals surface area contributed by atoms with Crippen LogP contribution >= 0.6 is 11.3 Å². The van der Waals surface area contributed by atoms with Crippen molar-refractivity contribution in [1.29, 1.82) is 0 Å². The minimum absolute atomic E-state index is 0.569. The van der Waals surface area contributed by atoms with E-state index in [9.17, 15) is 0 Å². The summed E-state index contributed by atoms with van der Waals surface area (Å²) in [7, 11) is 0. The molecule has 1 aliphatic rings. The molecule has 0 saturated heterocycles. The molecule has 0 unspecified atom stereocenters. The second-order valence-electron chi connectivity index (χ2n) is 6.60. The molecule has 1 aromatic carbocycles. The summed E-state index contributed by atoms with van der Waals surface area (Å²) in [6.45, 7) is 3.92. The number of nitrogens with one attached hydrogen (secondary N) is 1. The fraction of sp³-hybridized carbons (Fsp3) is 0.238. The van der Waals surface area contributed by atoms with Gasteiger partial charge in [0.2, 0.25) is 0 Å². The lowest BCUT2D eigenvalue weighted by Gasteiger charge is -2.19. The van der Waals surface area contributed by atoms with Crippen molar-refractivity contribution < 1.29 is 9.47 Å². The van der Waals surface area contributed by atoms with Gasteiger partial charge in [-0.05, 0) is 30.2 Å². The lowest BCUT2D eigenvalue weighted by atomic mass is 10.2. The Labute approximate surface area is 171 Å². The Balaban J connectivity index is 1.49. The third-order valence-corrected chi connectivity index (χ3v) is 5.82. The van der Waals surface area contributed by atoms with Crippen LogP contribution in [0.15, 0.2) is 42.9 Å². The number of nitrogens with zero attached hydrogens (tertiary/aromatic N) is 4. The predicted molar refractivity (Wildman–Crippen MR) is 113 cm³/mol. The van der Waals surface area contributed by atoms with Crippen molar-refractivity contribution in [2.24, 2.45) is 0 Å². The van der Waals surface area contributed by atoms with E-state index in [1.807, 2.05) is 18.2 Å². The third kappa shape index (κ3) is 3.58. The molecule has 7 nitrogen and oxygen atoms in total. The Morgan fingerprint density at radius 2 is 1.97 bits per heavy atom. The molecular formula is C21H19N5O2S. The summed E-state index contributed by atoms with van der Waals surface area (Å²) in [6.07, 6.45) is 5.93. The van der Waals surface area contributed by atoms with Gasteiger partial charge in [-0.25, -0.2) is 15.0 Å². The molecule has 1 N–H and O–H groups in total. The van der Waals surface area contributed by atoms with Gasteiger partial charge in [-0.1, -0.05) is 13.0 Å². The van der Waals surface area contributed by atoms with Crippen LogP contribution in [-0.2, 0) is 13.0 Å². The second-order valence-corrected chi connectivity index (χ2v) is 7.72. The van der Waals surface area contributed by atoms with Crippen molar-refractivity contribution in [3.8, 4) is 23.0 Å². The lowest BCUT2D eigenvalue weighted by Crippen LogP contribution is -2.15. The number of fused-ring (bicyclic) bond motifs is 2. The van der Waals surface area contributed by atoms with Crippen LogP contribution in [0.1, 0.15) is 17.4 Å². The minimum Gasteiger partial charge on any atom is -0.486 e. The third-order valence-electron chi connectivity index (χ3n) is 4.65. The fourth-order valence-corrected chi connectivity index (χ4v) is 4.16. The Morgan fingerprint density at radius 3 is 2.79 bits per heavy atom. The van der Waals surface area contributed by atoms with Crippen molar-refractivity contribution in [3.05, 3.63) is 53.3 Å². The van der Waals surface area contributed by atoms with Gasteiger partial charge in [-0.3, -0.25) is 4.98 Å². The molecule has 0 spiro atoms. The molecule has 0 radical (unpaired) electrons. The Morgan fingerprint density at radius 1 is 1.07 bits per heavy atom. The van der Waals surface area contributed by atoms with E-state index in [2.05, 4.69) is 28.3 Å². The van der Waals surface area contributed by atoms with E-state index in [0.717, 1.165) is 39.5 Å². The zero-order valence-electron chi connectivity index (χ0n) is 15.9. The quantitative estimate of drug-likeness (QED) is 0.535. The van der Waals surface area contributed by atoms with Gasteiger partial charge in [0.15, 0.2) is 17.3 Å². The molecule has 0 atom stereocenters. The monoisotopic (exact) mass is 405 g/mol. The second kappa shape index (κ2) is 7.63. The molecule has 8 heteroatoms. The van der Waals surface area contributed by atoms with E-state index in [-0.39, 0.29) is 0 Å². The van der Waals surface area contributed by atoms with E-state index < -0.39 is 0 Å². The summed E-state index contributed by atoms with van der Waals surface area (Å²) in [5.74, 6) is 2.94. The van der Waals surface area contributed by atoms with Crippen LogP contribution in [0.25, 0.3) is 21.7 Å². The number of anilines is 1. The average Bonchev–Trinajstić information content (AvgIpc) is 3.21. The summed E-state index contributed by atoms with van der Waals surface area (Å²) < 4.78 is 11.3. The highest BCUT2D eigenvalue weighted by molar-refractivity contribution is 7.18. The van der Waals surface area contributed by atoms with E-state index in [4.69, 9.17) is 19.4 Å². The van der Waals surface area contributed by atoms with Gasteiger partial charge < -0.3 is 14.8 Å². The molecule has 0 fully saturated rings. The maximum atomic E-state index is 5.69. The molecule has 0 saturated carbocycles. The molecule has 0 aliphatic carbocycles. The van der Waals surface area contributed by atoms with Crippen molar-refractivity contribution >= 4 is 27.4 Å². The van der Waals surface area contributed by atoms with Crippen LogP contribution in [0, 0.1) is 0 Å². The van der Waals surface area contributed by atoms with Gasteiger partial charge in [-0.2, -0.15) is 0 Å². The standard InChI is InChI=1S/C21H19N5O2S/c1-2-14-10-15-19(24-11-13-3-4-17-18(9-13)28-8-7-27-17)25-20(26-21(15)29-14)16-12-22-5-6-23-16/h3-6,9-10,12H,2,7-8,11H2,1H3,(H,24,25,26). The summed E-state index contributed by atoms with van der Waals surface area (Å²) in [4.78, 5) is 20.2. The molecule has 29 heavy (non-hydrogen) atoms. The molecule has 1 aliphatic heterocycles. The molecule has 4 aromatic rings.